The van der Waals surface area contributed by atoms with Crippen molar-refractivity contribution in [2.24, 2.45) is 0 Å². The number of rotatable bonds is 4. The number of benzene rings is 2. The number of halogens is 4. The molecule has 0 aliphatic heterocycles. The summed E-state index contributed by atoms with van der Waals surface area (Å²) >= 11 is 0. The minimum atomic E-state index is -4.83. The SMILES string of the molecule is Cc1cnc(C(=O)Nc2ccc(NC(=O)c3ccccc3F)cc2C(F)(F)F)cn1. The van der Waals surface area contributed by atoms with Crippen LogP contribution in [0.4, 0.5) is 28.9 Å². The fourth-order valence-corrected chi connectivity index (χ4v) is 2.51. The number of nitrogens with zero attached hydrogens (tertiary/aromatic N) is 2. The quantitative estimate of drug-likeness (QED) is 0.614. The standard InChI is InChI=1S/C20H14F4N4O2/c1-11-9-26-17(10-25-11)19(30)28-16-7-6-12(8-14(16)20(22,23)24)27-18(29)13-4-2-3-5-15(13)21/h2-10H,1H3,(H,27,29)(H,28,30). The Kier molecular flexibility index (Phi) is 5.77. The number of alkyl halides is 3. The molecule has 2 N–H and O–H groups in total. The summed E-state index contributed by atoms with van der Waals surface area (Å²) in [5.74, 6) is -2.60. The van der Waals surface area contributed by atoms with E-state index in [1.807, 2.05) is 0 Å². The molecule has 10 heteroatoms. The van der Waals surface area contributed by atoms with Gasteiger partial charge in [0.2, 0.25) is 0 Å². The number of aromatic nitrogens is 2. The van der Waals surface area contributed by atoms with Crippen LogP contribution in [0.3, 0.4) is 0 Å². The topological polar surface area (TPSA) is 84.0 Å². The van der Waals surface area contributed by atoms with Gasteiger partial charge in [0.1, 0.15) is 11.5 Å². The van der Waals surface area contributed by atoms with Gasteiger partial charge in [-0.15, -0.1) is 0 Å². The summed E-state index contributed by atoms with van der Waals surface area (Å²) in [6.07, 6.45) is -2.39. The molecule has 3 aromatic rings. The highest BCUT2D eigenvalue weighted by Crippen LogP contribution is 2.37. The first-order valence-corrected chi connectivity index (χ1v) is 8.52. The highest BCUT2D eigenvalue weighted by atomic mass is 19.4. The Hall–Kier alpha value is -3.82. The Labute approximate surface area is 168 Å². The summed E-state index contributed by atoms with van der Waals surface area (Å²) < 4.78 is 54.2. The summed E-state index contributed by atoms with van der Waals surface area (Å²) in [5.41, 5.74) is -1.88. The van der Waals surface area contributed by atoms with E-state index < -0.39 is 35.1 Å². The molecular weight excluding hydrogens is 404 g/mol. The molecule has 30 heavy (non-hydrogen) atoms. The van der Waals surface area contributed by atoms with Crippen molar-refractivity contribution in [1.29, 1.82) is 0 Å². The minimum absolute atomic E-state index is 0.161. The molecule has 0 aliphatic carbocycles. The fourth-order valence-electron chi connectivity index (χ4n) is 2.51. The number of nitrogens with one attached hydrogen (secondary N) is 2. The van der Waals surface area contributed by atoms with Crippen LogP contribution < -0.4 is 10.6 Å². The van der Waals surface area contributed by atoms with Gasteiger partial charge in [0.05, 0.1) is 28.7 Å². The van der Waals surface area contributed by atoms with Crippen molar-refractivity contribution in [3.63, 3.8) is 0 Å². The number of carbonyl (C=O) groups excluding carboxylic acids is 2. The highest BCUT2D eigenvalue weighted by Gasteiger charge is 2.34. The number of carbonyl (C=O) groups is 2. The van der Waals surface area contributed by atoms with Gasteiger partial charge in [0.15, 0.2) is 0 Å². The van der Waals surface area contributed by atoms with Crippen molar-refractivity contribution in [3.8, 4) is 0 Å². The zero-order valence-electron chi connectivity index (χ0n) is 15.4. The van der Waals surface area contributed by atoms with Crippen molar-refractivity contribution in [2.75, 3.05) is 10.6 Å². The maximum atomic E-state index is 13.7. The van der Waals surface area contributed by atoms with E-state index in [0.717, 1.165) is 24.4 Å². The molecule has 1 aromatic heterocycles. The van der Waals surface area contributed by atoms with Crippen molar-refractivity contribution >= 4 is 23.2 Å². The van der Waals surface area contributed by atoms with Crippen LogP contribution in [0.15, 0.2) is 54.9 Å². The number of amides is 2. The Morgan fingerprint density at radius 1 is 0.933 bits per heavy atom. The zero-order valence-corrected chi connectivity index (χ0v) is 15.4. The third-order valence-corrected chi connectivity index (χ3v) is 3.96. The lowest BCUT2D eigenvalue weighted by Crippen LogP contribution is -2.19. The number of aryl methyl sites for hydroxylation is 1. The summed E-state index contributed by atoms with van der Waals surface area (Å²) in [7, 11) is 0. The monoisotopic (exact) mass is 418 g/mol. The molecular formula is C20H14F4N4O2. The molecule has 0 atom stereocenters. The van der Waals surface area contributed by atoms with Gasteiger partial charge in [-0.25, -0.2) is 9.37 Å². The predicted molar refractivity (Wildman–Crippen MR) is 101 cm³/mol. The Balaban J connectivity index is 1.87. The van der Waals surface area contributed by atoms with Gasteiger partial charge in [0.25, 0.3) is 11.8 Å². The lowest BCUT2D eigenvalue weighted by Gasteiger charge is -2.16. The van der Waals surface area contributed by atoms with E-state index in [0.29, 0.717) is 11.8 Å². The van der Waals surface area contributed by atoms with Crippen molar-refractivity contribution in [2.45, 2.75) is 13.1 Å². The normalized spacial score (nSPS) is 11.1. The lowest BCUT2D eigenvalue weighted by molar-refractivity contribution is -0.136. The summed E-state index contributed by atoms with van der Waals surface area (Å²) in [6, 6.07) is 7.85. The first kappa shape index (κ1) is 20.9. The molecule has 0 fully saturated rings. The fraction of sp³-hybridized carbons (Fsp3) is 0.100. The largest absolute Gasteiger partial charge is 0.418 e. The molecule has 0 unspecified atom stereocenters. The molecule has 0 spiro atoms. The van der Waals surface area contributed by atoms with Gasteiger partial charge in [-0.05, 0) is 37.3 Å². The Morgan fingerprint density at radius 3 is 2.30 bits per heavy atom. The summed E-state index contributed by atoms with van der Waals surface area (Å²) in [4.78, 5) is 32.0. The van der Waals surface area contributed by atoms with Gasteiger partial charge in [0, 0.05) is 11.9 Å². The van der Waals surface area contributed by atoms with E-state index in [9.17, 15) is 27.2 Å². The average molecular weight is 418 g/mol. The molecule has 0 radical (unpaired) electrons. The number of hydrogen-bond acceptors (Lipinski definition) is 4. The van der Waals surface area contributed by atoms with E-state index >= 15 is 0 Å². The van der Waals surface area contributed by atoms with Crippen LogP contribution in [0.1, 0.15) is 32.1 Å². The third kappa shape index (κ3) is 4.77. The Bertz CT molecular complexity index is 1100. The molecule has 0 bridgehead atoms. The van der Waals surface area contributed by atoms with Crippen LogP contribution in [0.25, 0.3) is 0 Å². The van der Waals surface area contributed by atoms with Crippen molar-refractivity contribution in [1.82, 2.24) is 9.97 Å². The van der Waals surface area contributed by atoms with Crippen LogP contribution in [-0.4, -0.2) is 21.8 Å². The van der Waals surface area contributed by atoms with Crippen LogP contribution in [-0.2, 0) is 6.18 Å². The van der Waals surface area contributed by atoms with E-state index in [-0.39, 0.29) is 16.9 Å². The molecule has 0 saturated heterocycles. The predicted octanol–water partition coefficient (Wildman–Crippen LogP) is 4.45. The third-order valence-electron chi connectivity index (χ3n) is 3.96. The Morgan fingerprint density at radius 2 is 1.67 bits per heavy atom. The minimum Gasteiger partial charge on any atom is -0.322 e. The maximum Gasteiger partial charge on any atom is 0.418 e. The molecule has 154 valence electrons. The molecule has 2 aromatic carbocycles. The van der Waals surface area contributed by atoms with E-state index in [1.54, 1.807) is 6.92 Å². The smallest absolute Gasteiger partial charge is 0.322 e. The zero-order chi connectivity index (χ0) is 21.9. The van der Waals surface area contributed by atoms with Gasteiger partial charge in [-0.1, -0.05) is 12.1 Å². The van der Waals surface area contributed by atoms with Crippen LogP contribution in [0.2, 0.25) is 0 Å². The van der Waals surface area contributed by atoms with Gasteiger partial charge in [-0.3, -0.25) is 14.6 Å². The van der Waals surface area contributed by atoms with Gasteiger partial charge >= 0.3 is 6.18 Å². The van der Waals surface area contributed by atoms with Crippen molar-refractivity contribution in [3.05, 3.63) is 83.2 Å². The molecule has 0 saturated carbocycles. The first-order chi connectivity index (χ1) is 14.1. The number of hydrogen-bond donors (Lipinski definition) is 2. The van der Waals surface area contributed by atoms with Crippen LogP contribution >= 0.6 is 0 Å². The molecule has 1 heterocycles. The first-order valence-electron chi connectivity index (χ1n) is 8.52. The summed E-state index contributed by atoms with van der Waals surface area (Å²) in [5, 5.41) is 4.36. The molecule has 3 rings (SSSR count). The number of anilines is 2. The van der Waals surface area contributed by atoms with Crippen LogP contribution in [0, 0.1) is 12.7 Å². The lowest BCUT2D eigenvalue weighted by atomic mass is 10.1. The van der Waals surface area contributed by atoms with Gasteiger partial charge in [-0.2, -0.15) is 13.2 Å². The second-order valence-corrected chi connectivity index (χ2v) is 6.19. The van der Waals surface area contributed by atoms with E-state index in [4.69, 9.17) is 0 Å². The average Bonchev–Trinajstić information content (AvgIpc) is 2.69. The van der Waals surface area contributed by atoms with Crippen LogP contribution in [0.5, 0.6) is 0 Å². The second kappa shape index (κ2) is 8.27. The second-order valence-electron chi connectivity index (χ2n) is 6.19. The summed E-state index contributed by atoms with van der Waals surface area (Å²) in [6.45, 7) is 1.64. The van der Waals surface area contributed by atoms with E-state index in [2.05, 4.69) is 20.6 Å². The molecule has 0 aliphatic rings. The highest BCUT2D eigenvalue weighted by molar-refractivity contribution is 6.05. The van der Waals surface area contributed by atoms with E-state index in [1.165, 1.54) is 24.4 Å². The molecule has 6 nitrogen and oxygen atoms in total. The molecule has 2 amide bonds. The van der Waals surface area contributed by atoms with Crippen molar-refractivity contribution < 1.29 is 27.2 Å². The van der Waals surface area contributed by atoms with Gasteiger partial charge < -0.3 is 10.6 Å². The maximum absolute atomic E-state index is 13.7.